The molecule has 108 valence electrons. The zero-order valence-corrected chi connectivity index (χ0v) is 13.1. The van der Waals surface area contributed by atoms with Crippen molar-refractivity contribution in [2.45, 2.75) is 32.6 Å². The predicted octanol–water partition coefficient (Wildman–Crippen LogP) is 3.51. The van der Waals surface area contributed by atoms with Crippen molar-refractivity contribution in [3.05, 3.63) is 28.7 Å². The molecule has 0 saturated heterocycles. The van der Waals surface area contributed by atoms with Crippen LogP contribution < -0.4 is 10.2 Å². The van der Waals surface area contributed by atoms with E-state index < -0.39 is 0 Å². The second-order valence-electron chi connectivity index (χ2n) is 5.03. The summed E-state index contributed by atoms with van der Waals surface area (Å²) in [6.45, 7) is 2.13. The molecule has 1 atom stereocenters. The van der Waals surface area contributed by atoms with Gasteiger partial charge in [-0.3, -0.25) is 4.79 Å². The minimum atomic E-state index is -0.227. The highest BCUT2D eigenvalue weighted by molar-refractivity contribution is 9.10. The van der Waals surface area contributed by atoms with Crippen molar-refractivity contribution in [1.82, 2.24) is 5.43 Å². The van der Waals surface area contributed by atoms with E-state index in [0.717, 1.165) is 29.4 Å². The monoisotopic (exact) mass is 338 g/mol. The average Bonchev–Trinajstić information content (AvgIpc) is 2.44. The van der Waals surface area contributed by atoms with Gasteiger partial charge >= 0.3 is 0 Å². The van der Waals surface area contributed by atoms with Crippen molar-refractivity contribution >= 4 is 27.5 Å². The molecule has 0 unspecified atom stereocenters. The van der Waals surface area contributed by atoms with Crippen LogP contribution in [0.25, 0.3) is 0 Å². The van der Waals surface area contributed by atoms with E-state index >= 15 is 0 Å². The normalized spacial score (nSPS) is 20.7. The largest absolute Gasteiger partial charge is 0.484 e. The van der Waals surface area contributed by atoms with E-state index in [4.69, 9.17) is 4.74 Å². The van der Waals surface area contributed by atoms with Crippen LogP contribution in [-0.4, -0.2) is 18.2 Å². The number of amides is 1. The Hall–Kier alpha value is -1.36. The Bertz CT molecular complexity index is 502. The van der Waals surface area contributed by atoms with E-state index in [-0.39, 0.29) is 12.5 Å². The van der Waals surface area contributed by atoms with Crippen LogP contribution in [0.4, 0.5) is 0 Å². The van der Waals surface area contributed by atoms with Crippen LogP contribution in [0.1, 0.15) is 32.6 Å². The Balaban J connectivity index is 1.79. The lowest BCUT2D eigenvalue weighted by Crippen LogP contribution is -2.28. The Labute approximate surface area is 127 Å². The lowest BCUT2D eigenvalue weighted by atomic mass is 9.89. The molecule has 1 aliphatic carbocycles. The summed E-state index contributed by atoms with van der Waals surface area (Å²) >= 11 is 3.36. The van der Waals surface area contributed by atoms with Gasteiger partial charge in [0.25, 0.3) is 5.91 Å². The summed E-state index contributed by atoms with van der Waals surface area (Å²) in [5.41, 5.74) is 3.67. The van der Waals surface area contributed by atoms with Crippen LogP contribution >= 0.6 is 15.9 Å². The fraction of sp³-hybridized carbons (Fsp3) is 0.467. The molecule has 1 saturated carbocycles. The van der Waals surface area contributed by atoms with E-state index in [9.17, 15) is 4.79 Å². The number of nitrogens with one attached hydrogen (secondary N) is 1. The molecule has 1 amide bonds. The Morgan fingerprint density at radius 3 is 3.10 bits per heavy atom. The van der Waals surface area contributed by atoms with E-state index in [1.165, 1.54) is 6.42 Å². The third-order valence-corrected chi connectivity index (χ3v) is 3.87. The van der Waals surface area contributed by atoms with Gasteiger partial charge in [0.2, 0.25) is 0 Å². The van der Waals surface area contributed by atoms with Crippen LogP contribution in [0.5, 0.6) is 5.75 Å². The van der Waals surface area contributed by atoms with E-state index in [1.54, 1.807) is 0 Å². The van der Waals surface area contributed by atoms with Crippen molar-refractivity contribution in [2.24, 2.45) is 11.0 Å². The molecule has 0 heterocycles. The maximum atomic E-state index is 11.7. The van der Waals surface area contributed by atoms with E-state index in [1.807, 2.05) is 24.3 Å². The SMILES string of the molecule is C[C@H]1CCCC/C1=N/NC(=O)COc1cccc(Br)c1. The summed E-state index contributed by atoms with van der Waals surface area (Å²) in [5, 5.41) is 4.22. The molecule has 1 N–H and O–H groups in total. The second-order valence-corrected chi connectivity index (χ2v) is 5.95. The summed E-state index contributed by atoms with van der Waals surface area (Å²) in [4.78, 5) is 11.7. The number of carbonyl (C=O) groups excluding carboxylic acids is 1. The average molecular weight is 339 g/mol. The molecule has 0 spiro atoms. The molecule has 0 bridgehead atoms. The third-order valence-electron chi connectivity index (χ3n) is 3.38. The van der Waals surface area contributed by atoms with E-state index in [2.05, 4.69) is 33.4 Å². The Kier molecular flexibility index (Phi) is 5.59. The smallest absolute Gasteiger partial charge is 0.277 e. The zero-order chi connectivity index (χ0) is 14.4. The third kappa shape index (κ3) is 4.63. The number of ether oxygens (including phenoxy) is 1. The number of nitrogens with zero attached hydrogens (tertiary/aromatic N) is 1. The number of rotatable bonds is 4. The van der Waals surface area contributed by atoms with Crippen molar-refractivity contribution in [3.8, 4) is 5.75 Å². The summed E-state index contributed by atoms with van der Waals surface area (Å²) < 4.78 is 6.33. The first-order valence-corrected chi connectivity index (χ1v) is 7.68. The number of benzene rings is 1. The first kappa shape index (κ1) is 15.0. The van der Waals surface area contributed by atoms with Crippen LogP contribution in [0.3, 0.4) is 0 Å². The lowest BCUT2D eigenvalue weighted by Gasteiger charge is -2.19. The van der Waals surface area contributed by atoms with Gasteiger partial charge in [0.15, 0.2) is 6.61 Å². The van der Waals surface area contributed by atoms with Gasteiger partial charge in [-0.15, -0.1) is 0 Å². The zero-order valence-electron chi connectivity index (χ0n) is 11.6. The molecular formula is C15H19BrN2O2. The maximum Gasteiger partial charge on any atom is 0.277 e. The number of carbonyl (C=O) groups is 1. The predicted molar refractivity (Wildman–Crippen MR) is 82.8 cm³/mol. The summed E-state index contributed by atoms with van der Waals surface area (Å²) in [5.74, 6) is 0.901. The van der Waals surface area contributed by atoms with Crippen LogP contribution in [-0.2, 0) is 4.79 Å². The molecular weight excluding hydrogens is 320 g/mol. The first-order valence-electron chi connectivity index (χ1n) is 6.89. The molecule has 1 aromatic carbocycles. The van der Waals surface area contributed by atoms with Gasteiger partial charge in [-0.25, -0.2) is 5.43 Å². The number of hydrogen-bond donors (Lipinski definition) is 1. The summed E-state index contributed by atoms with van der Waals surface area (Å²) in [6, 6.07) is 7.40. The quantitative estimate of drug-likeness (QED) is 0.854. The van der Waals surface area contributed by atoms with Crippen molar-refractivity contribution in [3.63, 3.8) is 0 Å². The molecule has 1 fully saturated rings. The summed E-state index contributed by atoms with van der Waals surface area (Å²) in [7, 11) is 0. The number of halogens is 1. The number of hydrogen-bond acceptors (Lipinski definition) is 3. The van der Waals surface area contributed by atoms with Gasteiger partial charge in [-0.1, -0.05) is 35.3 Å². The second kappa shape index (κ2) is 7.43. The highest BCUT2D eigenvalue weighted by atomic mass is 79.9. The molecule has 0 radical (unpaired) electrons. The lowest BCUT2D eigenvalue weighted by molar-refractivity contribution is -0.123. The number of hydrazone groups is 1. The fourth-order valence-corrected chi connectivity index (χ4v) is 2.59. The minimum Gasteiger partial charge on any atom is -0.484 e. The van der Waals surface area contributed by atoms with Crippen molar-refractivity contribution in [1.29, 1.82) is 0 Å². The van der Waals surface area contributed by atoms with E-state index in [0.29, 0.717) is 11.7 Å². The highest BCUT2D eigenvalue weighted by Crippen LogP contribution is 2.20. The van der Waals surface area contributed by atoms with Crippen LogP contribution in [0.2, 0.25) is 0 Å². The topological polar surface area (TPSA) is 50.7 Å². The molecule has 1 aliphatic rings. The fourth-order valence-electron chi connectivity index (χ4n) is 2.21. The first-order chi connectivity index (χ1) is 9.65. The van der Waals surface area contributed by atoms with Gasteiger partial charge in [-0.05, 0) is 43.4 Å². The molecule has 0 aliphatic heterocycles. The van der Waals surface area contributed by atoms with Gasteiger partial charge in [-0.2, -0.15) is 5.10 Å². The van der Waals surface area contributed by atoms with Gasteiger partial charge < -0.3 is 4.74 Å². The Morgan fingerprint density at radius 2 is 2.35 bits per heavy atom. The molecule has 2 rings (SSSR count). The molecule has 0 aromatic heterocycles. The highest BCUT2D eigenvalue weighted by Gasteiger charge is 2.16. The molecule has 20 heavy (non-hydrogen) atoms. The Morgan fingerprint density at radius 1 is 1.50 bits per heavy atom. The molecule has 5 heteroatoms. The van der Waals surface area contributed by atoms with Gasteiger partial charge in [0.05, 0.1) is 0 Å². The van der Waals surface area contributed by atoms with Crippen LogP contribution in [0, 0.1) is 5.92 Å². The van der Waals surface area contributed by atoms with Crippen molar-refractivity contribution in [2.75, 3.05) is 6.61 Å². The molecule has 1 aromatic rings. The standard InChI is InChI=1S/C15H19BrN2O2/c1-11-5-2-3-8-14(11)17-18-15(19)10-20-13-7-4-6-12(16)9-13/h4,6-7,9,11H,2-3,5,8,10H2,1H3,(H,18,19)/b17-14-/t11-/m0/s1. The van der Waals surface area contributed by atoms with Gasteiger partial charge in [0, 0.05) is 10.2 Å². The minimum absolute atomic E-state index is 0.0262. The maximum absolute atomic E-state index is 11.7. The molecule has 4 nitrogen and oxygen atoms in total. The summed E-state index contributed by atoms with van der Waals surface area (Å²) in [6.07, 6.45) is 4.55. The van der Waals surface area contributed by atoms with Crippen molar-refractivity contribution < 1.29 is 9.53 Å². The van der Waals surface area contributed by atoms with Crippen LogP contribution in [0.15, 0.2) is 33.8 Å². The van der Waals surface area contributed by atoms with Gasteiger partial charge in [0.1, 0.15) is 5.75 Å².